The van der Waals surface area contributed by atoms with Gasteiger partial charge in [-0.15, -0.1) is 0 Å². The third-order valence-electron chi connectivity index (χ3n) is 3.17. The molecule has 0 saturated carbocycles. The van der Waals surface area contributed by atoms with Crippen LogP contribution in [0.15, 0.2) is 24.3 Å². The maximum atomic E-state index is 4.69. The summed E-state index contributed by atoms with van der Waals surface area (Å²) >= 11 is 0. The van der Waals surface area contributed by atoms with Crippen molar-refractivity contribution in [3.05, 3.63) is 41.2 Å². The number of benzene rings is 1. The van der Waals surface area contributed by atoms with Gasteiger partial charge in [0.15, 0.2) is 0 Å². The average Bonchev–Trinajstić information content (AvgIpc) is 2.41. The molecule has 0 bridgehead atoms. The van der Waals surface area contributed by atoms with E-state index in [2.05, 4.69) is 49.3 Å². The van der Waals surface area contributed by atoms with Crippen LogP contribution in [0.2, 0.25) is 0 Å². The van der Waals surface area contributed by atoms with Crippen molar-refractivity contribution in [3.8, 4) is 11.3 Å². The first-order chi connectivity index (χ1) is 9.13. The smallest absolute Gasteiger partial charge is 0.131 e. The summed E-state index contributed by atoms with van der Waals surface area (Å²) < 4.78 is 0. The third kappa shape index (κ3) is 3.11. The lowest BCUT2D eigenvalue weighted by Gasteiger charge is -2.10. The topological polar surface area (TPSA) is 37.8 Å². The molecule has 0 aliphatic rings. The number of rotatable bonds is 4. The summed E-state index contributed by atoms with van der Waals surface area (Å²) in [5.41, 5.74) is 4.69. The van der Waals surface area contributed by atoms with Crippen molar-refractivity contribution in [1.29, 1.82) is 0 Å². The van der Waals surface area contributed by atoms with E-state index in [-0.39, 0.29) is 0 Å². The first-order valence-corrected chi connectivity index (χ1v) is 6.77. The fraction of sp³-hybridized carbons (Fsp3) is 0.375. The Labute approximate surface area is 115 Å². The Bertz CT molecular complexity index is 576. The highest BCUT2D eigenvalue weighted by Gasteiger charge is 2.08. The fourth-order valence-electron chi connectivity index (χ4n) is 2.11. The number of hydrogen-bond acceptors (Lipinski definition) is 3. The van der Waals surface area contributed by atoms with Crippen molar-refractivity contribution in [2.75, 3.05) is 12.4 Å². The van der Waals surface area contributed by atoms with E-state index < -0.39 is 0 Å². The summed E-state index contributed by atoms with van der Waals surface area (Å²) in [6, 6.07) is 8.48. The van der Waals surface area contributed by atoms with Crippen molar-refractivity contribution in [3.63, 3.8) is 0 Å². The second kappa shape index (κ2) is 5.83. The molecule has 0 saturated heterocycles. The molecule has 1 heterocycles. The molecule has 0 unspecified atom stereocenters. The molecule has 0 aliphatic heterocycles. The van der Waals surface area contributed by atoms with Crippen molar-refractivity contribution < 1.29 is 0 Å². The second-order valence-corrected chi connectivity index (χ2v) is 4.87. The number of aromatic nitrogens is 2. The zero-order valence-corrected chi connectivity index (χ0v) is 12.1. The van der Waals surface area contributed by atoms with Gasteiger partial charge in [0.05, 0.1) is 5.69 Å². The molecule has 0 radical (unpaired) electrons. The minimum absolute atomic E-state index is 0.884. The highest BCUT2D eigenvalue weighted by molar-refractivity contribution is 5.66. The predicted octanol–water partition coefficient (Wildman–Crippen LogP) is 3.75. The van der Waals surface area contributed by atoms with Crippen LogP contribution in [-0.4, -0.2) is 17.0 Å². The van der Waals surface area contributed by atoms with Gasteiger partial charge in [-0.2, -0.15) is 0 Å². The number of nitrogens with one attached hydrogen (secondary N) is 1. The Kier molecular flexibility index (Phi) is 4.15. The van der Waals surface area contributed by atoms with Crippen molar-refractivity contribution in [1.82, 2.24) is 9.97 Å². The van der Waals surface area contributed by atoms with Crippen LogP contribution in [0.5, 0.6) is 0 Å². The lowest BCUT2D eigenvalue weighted by Crippen LogP contribution is -2.02. The molecular weight excluding hydrogens is 234 g/mol. The summed E-state index contributed by atoms with van der Waals surface area (Å²) in [5, 5.41) is 3.12. The Morgan fingerprint density at radius 2 is 1.89 bits per heavy atom. The van der Waals surface area contributed by atoms with E-state index in [1.54, 1.807) is 0 Å². The van der Waals surface area contributed by atoms with Gasteiger partial charge in [-0.05, 0) is 31.9 Å². The predicted molar refractivity (Wildman–Crippen MR) is 80.5 cm³/mol. The first-order valence-electron chi connectivity index (χ1n) is 6.77. The highest BCUT2D eigenvalue weighted by atomic mass is 15.0. The van der Waals surface area contributed by atoms with Gasteiger partial charge < -0.3 is 5.32 Å². The van der Waals surface area contributed by atoms with Crippen LogP contribution in [0, 0.1) is 13.8 Å². The summed E-state index contributed by atoms with van der Waals surface area (Å²) in [7, 11) is 1.89. The minimum atomic E-state index is 0.884. The Morgan fingerprint density at radius 1 is 1.11 bits per heavy atom. The van der Waals surface area contributed by atoms with Crippen molar-refractivity contribution >= 4 is 5.82 Å². The van der Waals surface area contributed by atoms with E-state index in [9.17, 15) is 0 Å². The van der Waals surface area contributed by atoms with Crippen LogP contribution in [0.1, 0.15) is 30.3 Å². The monoisotopic (exact) mass is 255 g/mol. The zero-order chi connectivity index (χ0) is 13.8. The SMILES string of the molecule is CCCc1nc(NC)cc(-c2cc(C)ccc2C)n1. The van der Waals surface area contributed by atoms with E-state index in [0.717, 1.165) is 30.2 Å². The first kappa shape index (κ1) is 13.5. The van der Waals surface area contributed by atoms with E-state index in [4.69, 9.17) is 4.98 Å². The van der Waals surface area contributed by atoms with E-state index >= 15 is 0 Å². The van der Waals surface area contributed by atoms with Gasteiger partial charge in [0.25, 0.3) is 0 Å². The lowest BCUT2D eigenvalue weighted by atomic mass is 10.0. The largest absolute Gasteiger partial charge is 0.373 e. The molecule has 0 amide bonds. The molecule has 1 aromatic heterocycles. The molecule has 2 rings (SSSR count). The molecular formula is C16H21N3. The fourth-order valence-corrected chi connectivity index (χ4v) is 2.11. The molecule has 0 spiro atoms. The zero-order valence-electron chi connectivity index (χ0n) is 12.1. The van der Waals surface area contributed by atoms with Crippen LogP contribution in [0.3, 0.4) is 0 Å². The molecule has 1 N–H and O–H groups in total. The van der Waals surface area contributed by atoms with E-state index in [0.29, 0.717) is 0 Å². The van der Waals surface area contributed by atoms with Crippen LogP contribution in [0.4, 0.5) is 5.82 Å². The standard InChI is InChI=1S/C16H21N3/c1-5-6-15-18-14(10-16(17-4)19-15)13-9-11(2)7-8-12(13)3/h7-10H,5-6H2,1-4H3,(H,17,18,19). The van der Waals surface area contributed by atoms with Crippen molar-refractivity contribution in [2.24, 2.45) is 0 Å². The van der Waals surface area contributed by atoms with Crippen LogP contribution >= 0.6 is 0 Å². The van der Waals surface area contributed by atoms with Crippen LogP contribution in [0.25, 0.3) is 11.3 Å². The van der Waals surface area contributed by atoms with Gasteiger partial charge in [0.2, 0.25) is 0 Å². The average molecular weight is 255 g/mol. The quantitative estimate of drug-likeness (QED) is 0.904. The summed E-state index contributed by atoms with van der Waals surface area (Å²) in [5.74, 6) is 1.79. The van der Waals surface area contributed by atoms with Crippen molar-refractivity contribution in [2.45, 2.75) is 33.6 Å². The molecule has 2 aromatic rings. The number of nitrogens with zero attached hydrogens (tertiary/aromatic N) is 2. The van der Waals surface area contributed by atoms with Crippen LogP contribution in [-0.2, 0) is 6.42 Å². The number of anilines is 1. The Hall–Kier alpha value is -1.90. The molecule has 100 valence electrons. The van der Waals surface area contributed by atoms with E-state index in [1.165, 1.54) is 16.7 Å². The summed E-state index contributed by atoms with van der Waals surface area (Å²) in [4.78, 5) is 9.19. The Balaban J connectivity index is 2.54. The van der Waals surface area contributed by atoms with Gasteiger partial charge in [0.1, 0.15) is 11.6 Å². The maximum absolute atomic E-state index is 4.69. The van der Waals surface area contributed by atoms with Crippen LogP contribution < -0.4 is 5.32 Å². The maximum Gasteiger partial charge on any atom is 0.131 e. The van der Waals surface area contributed by atoms with Gasteiger partial charge in [-0.1, -0.05) is 24.6 Å². The summed E-state index contributed by atoms with van der Waals surface area (Å²) in [6.07, 6.45) is 1.97. The van der Waals surface area contributed by atoms with Gasteiger partial charge in [-0.3, -0.25) is 0 Å². The normalized spacial score (nSPS) is 10.5. The van der Waals surface area contributed by atoms with Gasteiger partial charge in [-0.25, -0.2) is 9.97 Å². The molecule has 3 heteroatoms. The van der Waals surface area contributed by atoms with Gasteiger partial charge in [0, 0.05) is 25.1 Å². The second-order valence-electron chi connectivity index (χ2n) is 4.87. The van der Waals surface area contributed by atoms with Gasteiger partial charge >= 0.3 is 0 Å². The summed E-state index contributed by atoms with van der Waals surface area (Å²) in [6.45, 7) is 6.37. The number of hydrogen-bond donors (Lipinski definition) is 1. The highest BCUT2D eigenvalue weighted by Crippen LogP contribution is 2.24. The number of aryl methyl sites for hydroxylation is 3. The molecule has 0 fully saturated rings. The molecule has 0 atom stereocenters. The molecule has 0 aliphatic carbocycles. The lowest BCUT2D eigenvalue weighted by molar-refractivity contribution is 0.838. The third-order valence-corrected chi connectivity index (χ3v) is 3.17. The molecule has 3 nitrogen and oxygen atoms in total. The molecule has 1 aromatic carbocycles. The van der Waals surface area contributed by atoms with E-state index in [1.807, 2.05) is 13.1 Å². The Morgan fingerprint density at radius 3 is 2.58 bits per heavy atom. The minimum Gasteiger partial charge on any atom is -0.373 e. The molecule has 19 heavy (non-hydrogen) atoms.